The molecule has 0 amide bonds. The Morgan fingerprint density at radius 1 is 0.938 bits per heavy atom. The number of nitrogens with zero attached hydrogens (tertiary/aromatic N) is 4. The van der Waals surface area contributed by atoms with Crippen LogP contribution in [0.25, 0.3) is 22.4 Å². The van der Waals surface area contributed by atoms with Crippen molar-refractivity contribution >= 4 is 5.71 Å². The molecule has 32 heavy (non-hydrogen) atoms. The van der Waals surface area contributed by atoms with Gasteiger partial charge in [-0.2, -0.15) is 5.10 Å². The second-order valence-electron chi connectivity index (χ2n) is 7.76. The molecule has 0 saturated heterocycles. The summed E-state index contributed by atoms with van der Waals surface area (Å²) in [6.07, 6.45) is 7.23. The Hall–Kier alpha value is -3.77. The molecule has 1 aliphatic carbocycles. The number of fused-ring (bicyclic) bond motifs is 1. The molecule has 0 unspecified atom stereocenters. The Labute approximate surface area is 186 Å². The van der Waals surface area contributed by atoms with Crippen molar-refractivity contribution in [2.24, 2.45) is 5.16 Å². The second-order valence-corrected chi connectivity index (χ2v) is 7.76. The van der Waals surface area contributed by atoms with Crippen LogP contribution in [0.15, 0.2) is 84.4 Å². The Balaban J connectivity index is 1.42. The topological polar surface area (TPSA) is 72.5 Å². The number of hydrogen-bond acceptors (Lipinski definition) is 5. The number of benzene rings is 2. The monoisotopic (exact) mass is 424 g/mol. The SMILES string of the molecule is OCCn1ncc(-c2ccc3c(c2)CCC3=NOCc2ccccc2)c1-c1ccncc1. The van der Waals surface area contributed by atoms with E-state index < -0.39 is 0 Å². The summed E-state index contributed by atoms with van der Waals surface area (Å²) in [7, 11) is 0. The van der Waals surface area contributed by atoms with Crippen molar-refractivity contribution in [3.63, 3.8) is 0 Å². The first-order valence-corrected chi connectivity index (χ1v) is 10.8. The van der Waals surface area contributed by atoms with Crippen molar-refractivity contribution in [3.05, 3.63) is 95.9 Å². The fraction of sp³-hybridized carbons (Fsp3) is 0.192. The lowest BCUT2D eigenvalue weighted by atomic mass is 9.98. The van der Waals surface area contributed by atoms with Gasteiger partial charge in [0.25, 0.3) is 0 Å². The van der Waals surface area contributed by atoms with E-state index in [1.54, 1.807) is 12.4 Å². The summed E-state index contributed by atoms with van der Waals surface area (Å²) in [6, 6.07) is 20.5. The maximum atomic E-state index is 9.47. The van der Waals surface area contributed by atoms with Gasteiger partial charge in [-0.25, -0.2) is 0 Å². The number of oxime groups is 1. The molecule has 1 aliphatic rings. The van der Waals surface area contributed by atoms with Crippen molar-refractivity contribution in [2.45, 2.75) is 26.0 Å². The predicted molar refractivity (Wildman–Crippen MR) is 124 cm³/mol. The molecule has 0 fully saturated rings. The average molecular weight is 425 g/mol. The quantitative estimate of drug-likeness (QED) is 0.444. The van der Waals surface area contributed by atoms with Crippen molar-refractivity contribution < 1.29 is 9.94 Å². The van der Waals surface area contributed by atoms with Crippen molar-refractivity contribution in [2.75, 3.05) is 6.61 Å². The van der Waals surface area contributed by atoms with Crippen LogP contribution in [0.2, 0.25) is 0 Å². The third kappa shape index (κ3) is 4.05. The number of rotatable bonds is 7. The largest absolute Gasteiger partial charge is 0.394 e. The molecule has 0 aliphatic heterocycles. The van der Waals surface area contributed by atoms with E-state index in [0.717, 1.165) is 52.1 Å². The van der Waals surface area contributed by atoms with E-state index in [9.17, 15) is 5.11 Å². The van der Waals surface area contributed by atoms with E-state index in [1.807, 2.05) is 53.3 Å². The summed E-state index contributed by atoms with van der Waals surface area (Å²) >= 11 is 0. The third-order valence-corrected chi connectivity index (χ3v) is 5.71. The summed E-state index contributed by atoms with van der Waals surface area (Å²) < 4.78 is 1.85. The standard InChI is InChI=1S/C26H24N4O2/c31-15-14-30-26(20-10-12-27-13-11-20)24(17-28-30)22-6-8-23-21(16-22)7-9-25(23)29-32-18-19-4-2-1-3-5-19/h1-6,8,10-13,16-17,31H,7,9,14-15,18H2. The van der Waals surface area contributed by atoms with Gasteiger partial charge in [0, 0.05) is 29.1 Å². The Morgan fingerprint density at radius 2 is 1.78 bits per heavy atom. The minimum Gasteiger partial charge on any atom is -0.394 e. The first kappa shape index (κ1) is 20.2. The summed E-state index contributed by atoms with van der Waals surface area (Å²) in [5.74, 6) is 0. The first-order valence-electron chi connectivity index (χ1n) is 10.8. The van der Waals surface area contributed by atoms with Gasteiger partial charge in [-0.1, -0.05) is 53.7 Å². The highest BCUT2D eigenvalue weighted by molar-refractivity contribution is 6.04. The number of aryl methyl sites for hydroxylation is 1. The van der Waals surface area contributed by atoms with E-state index in [0.29, 0.717) is 13.2 Å². The minimum absolute atomic E-state index is 0.0339. The summed E-state index contributed by atoms with van der Waals surface area (Å²) in [6.45, 7) is 0.946. The van der Waals surface area contributed by atoms with Gasteiger partial charge < -0.3 is 9.94 Å². The Morgan fingerprint density at radius 3 is 2.59 bits per heavy atom. The highest BCUT2D eigenvalue weighted by Crippen LogP contribution is 2.35. The second kappa shape index (κ2) is 9.16. The Bertz CT molecular complexity index is 1230. The first-order chi connectivity index (χ1) is 15.8. The predicted octanol–water partition coefficient (Wildman–Crippen LogP) is 4.47. The van der Waals surface area contributed by atoms with Crippen LogP contribution in [0.1, 0.15) is 23.1 Å². The maximum Gasteiger partial charge on any atom is 0.142 e. The van der Waals surface area contributed by atoms with Gasteiger partial charge in [0.05, 0.1) is 30.8 Å². The van der Waals surface area contributed by atoms with Crippen LogP contribution in [-0.2, 0) is 24.4 Å². The number of hydrogen-bond donors (Lipinski definition) is 1. The molecular formula is C26H24N4O2. The molecule has 2 aromatic heterocycles. The van der Waals surface area contributed by atoms with Crippen LogP contribution in [0.4, 0.5) is 0 Å². The lowest BCUT2D eigenvalue weighted by Gasteiger charge is -2.10. The average Bonchev–Trinajstić information content (AvgIpc) is 3.44. The molecule has 160 valence electrons. The molecule has 4 aromatic rings. The number of aromatic nitrogens is 3. The zero-order valence-corrected chi connectivity index (χ0v) is 17.7. The third-order valence-electron chi connectivity index (χ3n) is 5.71. The van der Waals surface area contributed by atoms with Crippen LogP contribution in [0, 0.1) is 0 Å². The smallest absolute Gasteiger partial charge is 0.142 e. The zero-order chi connectivity index (χ0) is 21.8. The number of aliphatic hydroxyl groups excluding tert-OH is 1. The zero-order valence-electron chi connectivity index (χ0n) is 17.7. The Kier molecular flexibility index (Phi) is 5.77. The molecule has 2 aromatic carbocycles. The van der Waals surface area contributed by atoms with Crippen LogP contribution < -0.4 is 0 Å². The van der Waals surface area contributed by atoms with Gasteiger partial charge in [-0.05, 0) is 41.7 Å². The molecule has 0 bridgehead atoms. The molecular weight excluding hydrogens is 400 g/mol. The lowest BCUT2D eigenvalue weighted by Crippen LogP contribution is -2.05. The van der Waals surface area contributed by atoms with Gasteiger partial charge in [0.15, 0.2) is 0 Å². The maximum absolute atomic E-state index is 9.47. The molecule has 0 atom stereocenters. The van der Waals surface area contributed by atoms with E-state index in [4.69, 9.17) is 4.84 Å². The van der Waals surface area contributed by atoms with Gasteiger partial charge >= 0.3 is 0 Å². The van der Waals surface area contributed by atoms with Gasteiger partial charge in [0.1, 0.15) is 6.61 Å². The minimum atomic E-state index is 0.0339. The normalized spacial score (nSPS) is 14.0. The molecule has 6 heteroatoms. The van der Waals surface area contributed by atoms with Crippen LogP contribution >= 0.6 is 0 Å². The van der Waals surface area contributed by atoms with E-state index >= 15 is 0 Å². The van der Waals surface area contributed by atoms with Crippen molar-refractivity contribution in [1.29, 1.82) is 0 Å². The molecule has 6 nitrogen and oxygen atoms in total. The fourth-order valence-corrected chi connectivity index (χ4v) is 4.17. The molecule has 5 rings (SSSR count). The molecule has 2 heterocycles. The summed E-state index contributed by atoms with van der Waals surface area (Å²) in [5.41, 5.74) is 8.67. The molecule has 1 N–H and O–H groups in total. The molecule has 0 saturated carbocycles. The van der Waals surface area contributed by atoms with Gasteiger partial charge in [-0.3, -0.25) is 9.67 Å². The number of pyridine rings is 1. The fourth-order valence-electron chi connectivity index (χ4n) is 4.17. The van der Waals surface area contributed by atoms with E-state index in [-0.39, 0.29) is 6.61 Å². The van der Waals surface area contributed by atoms with Crippen molar-refractivity contribution in [3.8, 4) is 22.4 Å². The number of aliphatic hydroxyl groups is 1. The highest BCUT2D eigenvalue weighted by atomic mass is 16.6. The summed E-state index contributed by atoms with van der Waals surface area (Å²) in [5, 5.41) is 18.4. The lowest BCUT2D eigenvalue weighted by molar-refractivity contribution is 0.130. The van der Waals surface area contributed by atoms with Crippen LogP contribution in [0.5, 0.6) is 0 Å². The van der Waals surface area contributed by atoms with Gasteiger partial charge in [0.2, 0.25) is 0 Å². The van der Waals surface area contributed by atoms with E-state index in [1.165, 1.54) is 5.56 Å². The highest BCUT2D eigenvalue weighted by Gasteiger charge is 2.21. The molecule has 0 spiro atoms. The van der Waals surface area contributed by atoms with Crippen LogP contribution in [0.3, 0.4) is 0 Å². The van der Waals surface area contributed by atoms with Gasteiger partial charge in [-0.15, -0.1) is 0 Å². The summed E-state index contributed by atoms with van der Waals surface area (Å²) in [4.78, 5) is 9.76. The van der Waals surface area contributed by atoms with E-state index in [2.05, 4.69) is 33.4 Å². The van der Waals surface area contributed by atoms with Crippen LogP contribution in [-0.4, -0.2) is 32.2 Å². The van der Waals surface area contributed by atoms with Crippen molar-refractivity contribution in [1.82, 2.24) is 14.8 Å². The molecule has 0 radical (unpaired) electrons.